The van der Waals surface area contributed by atoms with Gasteiger partial charge >= 0.3 is 5.97 Å². The summed E-state index contributed by atoms with van der Waals surface area (Å²) in [4.78, 5) is 24.5. The second-order valence-electron chi connectivity index (χ2n) is 4.05. The van der Waals surface area contributed by atoms with E-state index < -0.39 is 5.97 Å². The lowest BCUT2D eigenvalue weighted by Gasteiger charge is -2.24. The predicted octanol–water partition coefficient (Wildman–Crippen LogP) is 0.929. The van der Waals surface area contributed by atoms with Gasteiger partial charge in [0.25, 0.3) is 0 Å². The summed E-state index contributed by atoms with van der Waals surface area (Å²) in [5.41, 5.74) is 6.58. The summed E-state index contributed by atoms with van der Waals surface area (Å²) in [7, 11) is 0. The molecule has 0 aromatic heterocycles. The maximum atomic E-state index is 11.6. The fourth-order valence-corrected chi connectivity index (χ4v) is 1.79. The van der Waals surface area contributed by atoms with Crippen LogP contribution in [-0.2, 0) is 4.79 Å². The summed E-state index contributed by atoms with van der Waals surface area (Å²) >= 11 is 0. The fraction of sp³-hybridized carbons (Fsp3) is 0.385. The Morgan fingerprint density at radius 3 is 2.58 bits per heavy atom. The van der Waals surface area contributed by atoms with Crippen molar-refractivity contribution in [3.05, 3.63) is 23.8 Å². The Morgan fingerprint density at radius 1 is 1.37 bits per heavy atom. The third-order valence-corrected chi connectivity index (χ3v) is 2.68. The molecule has 0 spiro atoms. The number of carbonyl (C=O) groups is 2. The molecule has 19 heavy (non-hydrogen) atoms. The van der Waals surface area contributed by atoms with Crippen LogP contribution in [0.4, 0.5) is 11.4 Å². The number of amides is 1. The van der Waals surface area contributed by atoms with Gasteiger partial charge in [0, 0.05) is 18.8 Å². The molecule has 0 aliphatic carbocycles. The molecule has 0 heterocycles. The van der Waals surface area contributed by atoms with E-state index in [0.717, 1.165) is 0 Å². The molecule has 1 aromatic carbocycles. The number of benzene rings is 1. The average molecular weight is 265 g/mol. The van der Waals surface area contributed by atoms with Gasteiger partial charge in [-0.15, -0.1) is 0 Å². The number of anilines is 2. The lowest BCUT2D eigenvalue weighted by atomic mass is 10.1. The van der Waals surface area contributed by atoms with Crippen LogP contribution in [0.5, 0.6) is 0 Å². The summed E-state index contributed by atoms with van der Waals surface area (Å²) in [6.45, 7) is 4.89. The highest BCUT2D eigenvalue weighted by Crippen LogP contribution is 2.23. The second kappa shape index (κ2) is 6.63. The Hall–Kier alpha value is -2.24. The van der Waals surface area contributed by atoms with Crippen LogP contribution in [0.25, 0.3) is 0 Å². The quantitative estimate of drug-likeness (QED) is 0.665. The smallest absolute Gasteiger partial charge is 0.337 e. The summed E-state index contributed by atoms with van der Waals surface area (Å²) in [6, 6.07) is 4.65. The maximum absolute atomic E-state index is 11.6. The van der Waals surface area contributed by atoms with Crippen LogP contribution in [0.3, 0.4) is 0 Å². The number of nitrogens with two attached hydrogens (primary N) is 1. The minimum absolute atomic E-state index is 0.103. The number of nitrogen functional groups attached to an aromatic ring is 1. The molecular formula is C13H19N3O3. The highest BCUT2D eigenvalue weighted by atomic mass is 16.4. The van der Waals surface area contributed by atoms with E-state index in [1.165, 1.54) is 6.07 Å². The van der Waals surface area contributed by atoms with Crippen LogP contribution in [0, 0.1) is 0 Å². The molecule has 0 aliphatic rings. The largest absolute Gasteiger partial charge is 0.478 e. The van der Waals surface area contributed by atoms with Crippen molar-refractivity contribution in [3.63, 3.8) is 0 Å². The van der Waals surface area contributed by atoms with Crippen molar-refractivity contribution in [2.45, 2.75) is 13.8 Å². The number of aromatic carboxylic acids is 1. The molecule has 0 fully saturated rings. The zero-order valence-corrected chi connectivity index (χ0v) is 11.1. The van der Waals surface area contributed by atoms with Gasteiger partial charge in [-0.05, 0) is 32.0 Å². The zero-order valence-electron chi connectivity index (χ0n) is 11.1. The third kappa shape index (κ3) is 3.87. The van der Waals surface area contributed by atoms with Gasteiger partial charge in [0.05, 0.1) is 17.8 Å². The lowest BCUT2D eigenvalue weighted by molar-refractivity contribution is -0.119. The van der Waals surface area contributed by atoms with Crippen LogP contribution < -0.4 is 16.0 Å². The normalized spacial score (nSPS) is 10.0. The molecule has 1 aromatic rings. The third-order valence-electron chi connectivity index (χ3n) is 2.68. The highest BCUT2D eigenvalue weighted by Gasteiger charge is 2.17. The molecule has 0 radical (unpaired) electrons. The maximum Gasteiger partial charge on any atom is 0.337 e. The van der Waals surface area contributed by atoms with E-state index in [1.807, 2.05) is 13.8 Å². The summed E-state index contributed by atoms with van der Waals surface area (Å²) in [5.74, 6) is -1.20. The minimum Gasteiger partial charge on any atom is -0.478 e. The van der Waals surface area contributed by atoms with Gasteiger partial charge in [-0.3, -0.25) is 4.79 Å². The number of rotatable bonds is 6. The van der Waals surface area contributed by atoms with Crippen LogP contribution in [0.15, 0.2) is 18.2 Å². The van der Waals surface area contributed by atoms with Gasteiger partial charge in [0.15, 0.2) is 0 Å². The van der Waals surface area contributed by atoms with Crippen molar-refractivity contribution in [1.29, 1.82) is 0 Å². The molecule has 4 N–H and O–H groups in total. The van der Waals surface area contributed by atoms with Crippen molar-refractivity contribution in [3.8, 4) is 0 Å². The van der Waals surface area contributed by atoms with Crippen molar-refractivity contribution in [1.82, 2.24) is 5.32 Å². The molecule has 6 nitrogen and oxygen atoms in total. The Kier molecular flexibility index (Phi) is 5.17. The van der Waals surface area contributed by atoms with Gasteiger partial charge in [-0.2, -0.15) is 0 Å². The van der Waals surface area contributed by atoms with Gasteiger partial charge < -0.3 is 21.1 Å². The van der Waals surface area contributed by atoms with E-state index >= 15 is 0 Å². The van der Waals surface area contributed by atoms with Crippen molar-refractivity contribution in [2.24, 2.45) is 0 Å². The number of carboxylic acids is 1. The molecule has 0 unspecified atom stereocenters. The second-order valence-corrected chi connectivity index (χ2v) is 4.05. The number of likely N-dealkylation sites (N-methyl/N-ethyl adjacent to an activating group) is 2. The Labute approximate surface area is 112 Å². The van der Waals surface area contributed by atoms with Crippen molar-refractivity contribution in [2.75, 3.05) is 30.3 Å². The first-order valence-corrected chi connectivity index (χ1v) is 6.14. The number of nitrogens with one attached hydrogen (secondary N) is 1. The Bertz CT molecular complexity index is 474. The summed E-state index contributed by atoms with van der Waals surface area (Å²) in [5, 5.41) is 11.9. The van der Waals surface area contributed by atoms with E-state index in [0.29, 0.717) is 24.5 Å². The van der Waals surface area contributed by atoms with E-state index in [4.69, 9.17) is 5.73 Å². The zero-order chi connectivity index (χ0) is 14.4. The van der Waals surface area contributed by atoms with Crippen LogP contribution in [-0.4, -0.2) is 36.6 Å². The van der Waals surface area contributed by atoms with E-state index in [9.17, 15) is 14.7 Å². The van der Waals surface area contributed by atoms with Gasteiger partial charge in [0.2, 0.25) is 5.91 Å². The SMILES string of the molecule is CCNC(=O)CN(CC)c1ccc(N)cc1C(=O)O. The monoisotopic (exact) mass is 265 g/mol. The summed E-state index contributed by atoms with van der Waals surface area (Å²) in [6.07, 6.45) is 0. The van der Waals surface area contributed by atoms with E-state index in [1.54, 1.807) is 17.0 Å². The van der Waals surface area contributed by atoms with Crippen molar-refractivity contribution < 1.29 is 14.7 Å². The fourth-order valence-electron chi connectivity index (χ4n) is 1.79. The number of carboxylic acid groups (broad SMARTS) is 1. The first-order valence-electron chi connectivity index (χ1n) is 6.14. The Balaban J connectivity index is 3.04. The van der Waals surface area contributed by atoms with E-state index in [2.05, 4.69) is 5.32 Å². The molecule has 0 bridgehead atoms. The molecule has 0 saturated heterocycles. The first-order chi connectivity index (χ1) is 8.99. The van der Waals surface area contributed by atoms with Gasteiger partial charge in [0.1, 0.15) is 0 Å². The van der Waals surface area contributed by atoms with Crippen molar-refractivity contribution >= 4 is 23.3 Å². The molecule has 104 valence electrons. The molecule has 0 aliphatic heterocycles. The minimum atomic E-state index is -1.06. The molecule has 1 amide bonds. The summed E-state index contributed by atoms with van der Waals surface area (Å²) < 4.78 is 0. The first kappa shape index (κ1) is 14.8. The van der Waals surface area contributed by atoms with Gasteiger partial charge in [-0.1, -0.05) is 0 Å². The molecule has 0 saturated carbocycles. The molecule has 6 heteroatoms. The number of nitrogens with zero attached hydrogens (tertiary/aromatic N) is 1. The highest BCUT2D eigenvalue weighted by molar-refractivity contribution is 5.96. The topological polar surface area (TPSA) is 95.7 Å². The lowest BCUT2D eigenvalue weighted by Crippen LogP contribution is -2.37. The van der Waals surface area contributed by atoms with Gasteiger partial charge in [-0.25, -0.2) is 4.79 Å². The van der Waals surface area contributed by atoms with Crippen LogP contribution >= 0.6 is 0 Å². The number of carbonyl (C=O) groups excluding carboxylic acids is 1. The molecule has 1 rings (SSSR count). The Morgan fingerprint density at radius 2 is 2.05 bits per heavy atom. The molecular weight excluding hydrogens is 246 g/mol. The van der Waals surface area contributed by atoms with Crippen LogP contribution in [0.2, 0.25) is 0 Å². The van der Waals surface area contributed by atoms with Crippen LogP contribution in [0.1, 0.15) is 24.2 Å². The molecule has 0 atom stereocenters. The average Bonchev–Trinajstić information content (AvgIpc) is 2.36. The number of hydrogen-bond acceptors (Lipinski definition) is 4. The standard InChI is InChI=1S/C13H19N3O3/c1-3-15-12(17)8-16(4-2)11-6-5-9(14)7-10(11)13(18)19/h5-7H,3-4,8,14H2,1-2H3,(H,15,17)(H,18,19). The number of hydrogen-bond donors (Lipinski definition) is 3. The van der Waals surface area contributed by atoms with E-state index in [-0.39, 0.29) is 18.0 Å². The predicted molar refractivity (Wildman–Crippen MR) is 74.4 cm³/mol.